The number of pyridine rings is 1. The van der Waals surface area contributed by atoms with Gasteiger partial charge in [-0.25, -0.2) is 4.79 Å². The number of aliphatic imine (C=N–C) groups is 1. The van der Waals surface area contributed by atoms with E-state index in [0.29, 0.717) is 13.0 Å². The van der Waals surface area contributed by atoms with Gasteiger partial charge in [-0.15, -0.1) is 0 Å². The molecule has 0 aliphatic heterocycles. The highest BCUT2D eigenvalue weighted by Gasteiger charge is 2.22. The first kappa shape index (κ1) is 20.7. The number of aliphatic carboxylic acids is 1. The van der Waals surface area contributed by atoms with Crippen molar-refractivity contribution < 1.29 is 14.7 Å². The molecule has 0 saturated carbocycles. The molecular weight excluding hydrogens is 362 g/mol. The Morgan fingerprint density at radius 3 is 2.50 bits per heavy atom. The summed E-state index contributed by atoms with van der Waals surface area (Å²) in [5.41, 5.74) is 10.7. The van der Waals surface area contributed by atoms with Gasteiger partial charge in [-0.3, -0.25) is 14.6 Å². The predicted octanol–water partition coefficient (Wildman–Crippen LogP) is 0.133. The Kier molecular flexibility index (Phi) is 7.32. The van der Waals surface area contributed by atoms with Crippen LogP contribution < -0.4 is 22.3 Å². The summed E-state index contributed by atoms with van der Waals surface area (Å²) in [7, 11) is 0. The lowest BCUT2D eigenvalue weighted by atomic mass is 10.1. The zero-order chi connectivity index (χ0) is 20.5. The van der Waals surface area contributed by atoms with Gasteiger partial charge in [0, 0.05) is 12.7 Å². The molecule has 2 rings (SSSR count). The molecule has 1 heterocycles. The second kappa shape index (κ2) is 9.91. The quantitative estimate of drug-likeness (QED) is 0.273. The molecule has 0 bridgehead atoms. The molecule has 0 radical (unpaired) electrons. The normalized spacial score (nSPS) is 11.4. The summed E-state index contributed by atoms with van der Waals surface area (Å²) in [5, 5.41) is 11.7. The third kappa shape index (κ3) is 5.97. The van der Waals surface area contributed by atoms with Gasteiger partial charge in [0.15, 0.2) is 5.96 Å². The Balaban J connectivity index is 2.09. The molecule has 0 fully saturated rings. The topological polar surface area (TPSA) is 153 Å². The maximum atomic E-state index is 12.6. The summed E-state index contributed by atoms with van der Waals surface area (Å²) in [6, 6.07) is 11.1. The molecule has 0 aliphatic rings. The number of carboxylic acid groups (broad SMARTS) is 1. The van der Waals surface area contributed by atoms with Crippen LogP contribution in [0.15, 0.2) is 58.4 Å². The van der Waals surface area contributed by atoms with Gasteiger partial charge < -0.3 is 26.5 Å². The molecule has 28 heavy (non-hydrogen) atoms. The Morgan fingerprint density at radius 2 is 1.86 bits per heavy atom. The van der Waals surface area contributed by atoms with Gasteiger partial charge in [-0.2, -0.15) is 0 Å². The van der Waals surface area contributed by atoms with Crippen LogP contribution in [-0.2, 0) is 11.3 Å². The lowest BCUT2D eigenvalue weighted by Gasteiger charge is -2.14. The minimum absolute atomic E-state index is 0.0841. The molecule has 148 valence electrons. The minimum atomic E-state index is -1.20. The van der Waals surface area contributed by atoms with Gasteiger partial charge in [0.1, 0.15) is 11.6 Å². The van der Waals surface area contributed by atoms with Gasteiger partial charge in [0.05, 0.1) is 6.54 Å². The number of amides is 1. The third-order valence-electron chi connectivity index (χ3n) is 4.01. The van der Waals surface area contributed by atoms with Crippen LogP contribution in [-0.4, -0.2) is 40.1 Å². The van der Waals surface area contributed by atoms with Crippen LogP contribution in [0.25, 0.3) is 0 Å². The largest absolute Gasteiger partial charge is 0.480 e. The molecule has 1 aromatic carbocycles. The van der Waals surface area contributed by atoms with Gasteiger partial charge in [-0.05, 0) is 30.5 Å². The molecule has 6 N–H and O–H groups in total. The highest BCUT2D eigenvalue weighted by Crippen LogP contribution is 2.03. The zero-order valence-corrected chi connectivity index (χ0v) is 15.2. The van der Waals surface area contributed by atoms with Crippen LogP contribution >= 0.6 is 0 Å². The van der Waals surface area contributed by atoms with Crippen molar-refractivity contribution in [1.29, 1.82) is 0 Å². The first-order chi connectivity index (χ1) is 13.4. The lowest BCUT2D eigenvalue weighted by Crippen LogP contribution is -2.43. The van der Waals surface area contributed by atoms with Crippen molar-refractivity contribution in [3.63, 3.8) is 0 Å². The van der Waals surface area contributed by atoms with E-state index in [0.717, 1.165) is 5.56 Å². The summed E-state index contributed by atoms with van der Waals surface area (Å²) in [4.78, 5) is 40.3. The van der Waals surface area contributed by atoms with E-state index in [2.05, 4.69) is 10.3 Å². The maximum Gasteiger partial charge on any atom is 0.326 e. The number of carbonyl (C=O) groups is 2. The highest BCUT2D eigenvalue weighted by molar-refractivity contribution is 5.96. The van der Waals surface area contributed by atoms with Gasteiger partial charge in [0.2, 0.25) is 0 Å². The van der Waals surface area contributed by atoms with Crippen molar-refractivity contribution in [2.45, 2.75) is 25.4 Å². The van der Waals surface area contributed by atoms with E-state index in [9.17, 15) is 19.5 Å². The molecule has 1 atom stereocenters. The molecule has 0 aliphatic carbocycles. The van der Waals surface area contributed by atoms with Crippen molar-refractivity contribution in [3.05, 3.63) is 70.1 Å². The number of carboxylic acids is 1. The summed E-state index contributed by atoms with van der Waals surface area (Å²) >= 11 is 0. The first-order valence-electron chi connectivity index (χ1n) is 8.71. The number of nitrogens with zero attached hydrogens (tertiary/aromatic N) is 2. The number of benzene rings is 1. The Morgan fingerprint density at radius 1 is 1.14 bits per heavy atom. The monoisotopic (exact) mass is 385 g/mol. The number of nitrogens with two attached hydrogens (primary N) is 2. The fraction of sp³-hybridized carbons (Fsp3) is 0.263. The van der Waals surface area contributed by atoms with Gasteiger partial charge in [0.25, 0.3) is 11.5 Å². The van der Waals surface area contributed by atoms with Crippen LogP contribution in [0.2, 0.25) is 0 Å². The number of carbonyl (C=O) groups excluding carboxylic acids is 1. The van der Waals surface area contributed by atoms with E-state index in [4.69, 9.17) is 11.5 Å². The molecule has 0 saturated heterocycles. The van der Waals surface area contributed by atoms with E-state index in [1.165, 1.54) is 10.6 Å². The van der Waals surface area contributed by atoms with Crippen molar-refractivity contribution in [3.8, 4) is 0 Å². The maximum absolute atomic E-state index is 12.6. The third-order valence-corrected chi connectivity index (χ3v) is 4.01. The SMILES string of the molecule is NC(N)=NCCC[C@H](NC(=O)c1cccn(Cc2ccccc2)c1=O)C(=O)O. The molecule has 1 aromatic heterocycles. The summed E-state index contributed by atoms with van der Waals surface area (Å²) in [6.07, 6.45) is 2.07. The van der Waals surface area contributed by atoms with E-state index in [-0.39, 0.29) is 24.5 Å². The van der Waals surface area contributed by atoms with Crippen molar-refractivity contribution in [2.24, 2.45) is 16.5 Å². The smallest absolute Gasteiger partial charge is 0.326 e. The second-order valence-electron chi connectivity index (χ2n) is 6.15. The molecule has 0 spiro atoms. The second-order valence-corrected chi connectivity index (χ2v) is 6.15. The number of hydrogen-bond donors (Lipinski definition) is 4. The number of guanidine groups is 1. The van der Waals surface area contributed by atoms with E-state index >= 15 is 0 Å². The minimum Gasteiger partial charge on any atom is -0.480 e. The average Bonchev–Trinajstić information content (AvgIpc) is 2.66. The molecule has 2 aromatic rings. The van der Waals surface area contributed by atoms with Crippen LogP contribution in [0.4, 0.5) is 0 Å². The van der Waals surface area contributed by atoms with Crippen molar-refractivity contribution >= 4 is 17.8 Å². The molecule has 0 unspecified atom stereocenters. The fourth-order valence-electron chi connectivity index (χ4n) is 2.61. The molecular formula is C19H23N5O4. The van der Waals surface area contributed by atoms with Crippen molar-refractivity contribution in [2.75, 3.05) is 6.54 Å². The summed E-state index contributed by atoms with van der Waals surface area (Å²) < 4.78 is 1.40. The highest BCUT2D eigenvalue weighted by atomic mass is 16.4. The Hall–Kier alpha value is -3.62. The Labute approximate surface area is 161 Å². The van der Waals surface area contributed by atoms with Crippen LogP contribution in [0.5, 0.6) is 0 Å². The average molecular weight is 385 g/mol. The summed E-state index contributed by atoms with van der Waals surface area (Å²) in [6.45, 7) is 0.554. The lowest BCUT2D eigenvalue weighted by molar-refractivity contribution is -0.139. The number of aromatic nitrogens is 1. The van der Waals surface area contributed by atoms with Gasteiger partial charge in [-0.1, -0.05) is 30.3 Å². The van der Waals surface area contributed by atoms with Crippen molar-refractivity contribution in [1.82, 2.24) is 9.88 Å². The number of nitrogens with one attached hydrogen (secondary N) is 1. The van der Waals surface area contributed by atoms with Gasteiger partial charge >= 0.3 is 5.97 Å². The van der Waals surface area contributed by atoms with E-state index < -0.39 is 23.5 Å². The molecule has 9 heteroatoms. The molecule has 9 nitrogen and oxygen atoms in total. The van der Waals surface area contributed by atoms with Crippen LogP contribution in [0, 0.1) is 0 Å². The van der Waals surface area contributed by atoms with Crippen LogP contribution in [0.1, 0.15) is 28.8 Å². The standard InChI is InChI=1S/C19H23N5O4/c20-19(21)22-10-4-9-15(18(27)28)23-16(25)14-8-5-11-24(17(14)26)12-13-6-2-1-3-7-13/h1-3,5-8,11,15H,4,9-10,12H2,(H,23,25)(H,27,28)(H4,20,21,22)/t15-/m0/s1. The number of hydrogen-bond acceptors (Lipinski definition) is 4. The Bertz CT molecular complexity index is 904. The number of rotatable bonds is 9. The molecule has 1 amide bonds. The summed E-state index contributed by atoms with van der Waals surface area (Å²) in [5.74, 6) is -2.01. The first-order valence-corrected chi connectivity index (χ1v) is 8.71. The zero-order valence-electron chi connectivity index (χ0n) is 15.2. The van der Waals surface area contributed by atoms with Crippen LogP contribution in [0.3, 0.4) is 0 Å². The fourth-order valence-corrected chi connectivity index (χ4v) is 2.61. The van der Waals surface area contributed by atoms with E-state index in [1.54, 1.807) is 12.3 Å². The van der Waals surface area contributed by atoms with E-state index in [1.807, 2.05) is 30.3 Å². The predicted molar refractivity (Wildman–Crippen MR) is 105 cm³/mol.